The second-order valence-electron chi connectivity index (χ2n) is 5.06. The number of hydrogen-bond acceptors (Lipinski definition) is 4. The van der Waals surface area contributed by atoms with Gasteiger partial charge < -0.3 is 10.0 Å². The van der Waals surface area contributed by atoms with E-state index in [1.54, 1.807) is 0 Å². The van der Waals surface area contributed by atoms with Crippen LogP contribution >= 0.6 is 0 Å². The van der Waals surface area contributed by atoms with E-state index >= 15 is 0 Å². The molecule has 0 aliphatic carbocycles. The molecule has 2 rings (SSSR count). The highest BCUT2D eigenvalue weighted by Crippen LogP contribution is 2.26. The predicted molar refractivity (Wildman–Crippen MR) is 67.6 cm³/mol. The number of likely N-dealkylation sites (N-methyl/N-ethyl adjacent to an activating group) is 1. The van der Waals surface area contributed by atoms with E-state index in [2.05, 4.69) is 20.9 Å². The van der Waals surface area contributed by atoms with Crippen LogP contribution in [0.1, 0.15) is 12.1 Å². The molecule has 4 heteroatoms. The first-order valence-electron chi connectivity index (χ1n) is 6.07. The van der Waals surface area contributed by atoms with Gasteiger partial charge in [0.15, 0.2) is 0 Å². The Bertz CT molecular complexity index is 355. The average molecular weight is 235 g/mol. The van der Waals surface area contributed by atoms with Crippen LogP contribution in [-0.4, -0.2) is 59.2 Å². The molecule has 1 aromatic rings. The quantitative estimate of drug-likeness (QED) is 0.828. The normalized spacial score (nSPS) is 25.6. The Morgan fingerprint density at radius 2 is 2.29 bits per heavy atom. The third-order valence-corrected chi connectivity index (χ3v) is 3.77. The van der Waals surface area contributed by atoms with Gasteiger partial charge in [0.25, 0.3) is 0 Å². The summed E-state index contributed by atoms with van der Waals surface area (Å²) in [6.07, 6.45) is 2.85. The van der Waals surface area contributed by atoms with Crippen molar-refractivity contribution in [3.8, 4) is 0 Å². The number of likely N-dealkylation sites (tertiary alicyclic amines) is 1. The zero-order valence-corrected chi connectivity index (χ0v) is 10.6. The molecule has 1 saturated heterocycles. The molecular formula is C13H21N3O. The molecule has 1 unspecified atom stereocenters. The summed E-state index contributed by atoms with van der Waals surface area (Å²) < 4.78 is 0. The topological polar surface area (TPSA) is 39.6 Å². The van der Waals surface area contributed by atoms with E-state index in [9.17, 15) is 5.11 Å². The smallest absolute Gasteiger partial charge is 0.0628 e. The van der Waals surface area contributed by atoms with Crippen LogP contribution in [0.5, 0.6) is 0 Å². The van der Waals surface area contributed by atoms with E-state index in [1.165, 1.54) is 0 Å². The molecule has 1 aromatic heterocycles. The fraction of sp³-hybridized carbons (Fsp3) is 0.615. The number of rotatable bonds is 4. The zero-order valence-electron chi connectivity index (χ0n) is 10.6. The molecule has 0 amide bonds. The average Bonchev–Trinajstić information content (AvgIpc) is 2.75. The van der Waals surface area contributed by atoms with Gasteiger partial charge >= 0.3 is 0 Å². The van der Waals surface area contributed by atoms with Crippen molar-refractivity contribution in [2.75, 3.05) is 33.8 Å². The fourth-order valence-electron chi connectivity index (χ4n) is 2.43. The molecule has 2 heterocycles. The maximum atomic E-state index is 9.59. The fourth-order valence-corrected chi connectivity index (χ4v) is 2.43. The molecule has 1 atom stereocenters. The first-order valence-corrected chi connectivity index (χ1v) is 6.07. The Kier molecular flexibility index (Phi) is 3.76. The van der Waals surface area contributed by atoms with Crippen LogP contribution in [0.25, 0.3) is 0 Å². The highest BCUT2D eigenvalue weighted by atomic mass is 16.3. The molecule has 1 fully saturated rings. The monoisotopic (exact) mass is 235 g/mol. The minimum absolute atomic E-state index is 0.0746. The van der Waals surface area contributed by atoms with Gasteiger partial charge in [0.1, 0.15) is 0 Å². The summed E-state index contributed by atoms with van der Waals surface area (Å²) >= 11 is 0. The summed E-state index contributed by atoms with van der Waals surface area (Å²) in [6, 6.07) is 6.00. The van der Waals surface area contributed by atoms with Crippen LogP contribution in [0, 0.1) is 0 Å². The number of hydrogen-bond donors (Lipinski definition) is 1. The van der Waals surface area contributed by atoms with E-state index in [0.717, 1.165) is 31.7 Å². The lowest BCUT2D eigenvalue weighted by Gasteiger charge is -2.34. The molecule has 0 radical (unpaired) electrons. The minimum atomic E-state index is -0.0746. The number of nitrogens with zero attached hydrogens (tertiary/aromatic N) is 3. The number of aliphatic hydroxyl groups excluding tert-OH is 1. The van der Waals surface area contributed by atoms with E-state index in [-0.39, 0.29) is 12.1 Å². The van der Waals surface area contributed by atoms with Gasteiger partial charge in [-0.25, -0.2) is 0 Å². The van der Waals surface area contributed by atoms with E-state index in [0.29, 0.717) is 0 Å². The first kappa shape index (κ1) is 12.5. The summed E-state index contributed by atoms with van der Waals surface area (Å²) in [5.41, 5.74) is 1.02. The van der Waals surface area contributed by atoms with Crippen LogP contribution in [0.4, 0.5) is 0 Å². The number of aromatic nitrogens is 1. The SMILES string of the molecule is CN(C)C1(CO)CCN(Cc2ccccn2)C1. The van der Waals surface area contributed by atoms with Gasteiger partial charge in [0.2, 0.25) is 0 Å². The first-order chi connectivity index (χ1) is 8.16. The van der Waals surface area contributed by atoms with Crippen molar-refractivity contribution in [2.45, 2.75) is 18.5 Å². The van der Waals surface area contributed by atoms with E-state index < -0.39 is 0 Å². The molecule has 1 N–H and O–H groups in total. The summed E-state index contributed by atoms with van der Waals surface area (Å²) in [5.74, 6) is 0. The Balaban J connectivity index is 1.98. The lowest BCUT2D eigenvalue weighted by atomic mass is 9.99. The molecule has 17 heavy (non-hydrogen) atoms. The van der Waals surface area contributed by atoms with Crippen LogP contribution in [0.15, 0.2) is 24.4 Å². The molecule has 1 aliphatic heterocycles. The minimum Gasteiger partial charge on any atom is -0.394 e. The Morgan fingerprint density at radius 3 is 2.82 bits per heavy atom. The van der Waals surface area contributed by atoms with Crippen molar-refractivity contribution in [1.82, 2.24) is 14.8 Å². The highest BCUT2D eigenvalue weighted by molar-refractivity contribution is 5.05. The molecule has 94 valence electrons. The highest BCUT2D eigenvalue weighted by Gasteiger charge is 2.39. The zero-order chi connectivity index (χ0) is 12.3. The van der Waals surface area contributed by atoms with Crippen molar-refractivity contribution in [2.24, 2.45) is 0 Å². The van der Waals surface area contributed by atoms with Crippen LogP contribution < -0.4 is 0 Å². The summed E-state index contributed by atoms with van der Waals surface area (Å²) in [4.78, 5) is 8.85. The van der Waals surface area contributed by atoms with Crippen LogP contribution in [0.3, 0.4) is 0 Å². The second-order valence-corrected chi connectivity index (χ2v) is 5.06. The molecule has 0 saturated carbocycles. The van der Waals surface area contributed by atoms with Crippen molar-refractivity contribution in [3.63, 3.8) is 0 Å². The van der Waals surface area contributed by atoms with Gasteiger partial charge in [-0.05, 0) is 32.6 Å². The standard InChI is InChI=1S/C13H21N3O/c1-15(2)13(11-17)6-8-16(10-13)9-12-5-3-4-7-14-12/h3-5,7,17H,6,8-11H2,1-2H3. The molecule has 0 aromatic carbocycles. The Labute approximate surface area is 103 Å². The summed E-state index contributed by atoms with van der Waals surface area (Å²) in [5, 5.41) is 9.59. The second kappa shape index (κ2) is 5.12. The maximum absolute atomic E-state index is 9.59. The van der Waals surface area contributed by atoms with Crippen LogP contribution in [0.2, 0.25) is 0 Å². The van der Waals surface area contributed by atoms with E-state index in [4.69, 9.17) is 0 Å². The largest absolute Gasteiger partial charge is 0.394 e. The number of aliphatic hydroxyl groups is 1. The van der Waals surface area contributed by atoms with E-state index in [1.807, 2.05) is 32.4 Å². The summed E-state index contributed by atoms with van der Waals surface area (Å²) in [7, 11) is 4.08. The maximum Gasteiger partial charge on any atom is 0.0628 e. The van der Waals surface area contributed by atoms with Crippen molar-refractivity contribution < 1.29 is 5.11 Å². The molecule has 0 spiro atoms. The van der Waals surface area contributed by atoms with Gasteiger partial charge in [0.05, 0.1) is 17.8 Å². The van der Waals surface area contributed by atoms with Crippen molar-refractivity contribution in [1.29, 1.82) is 0 Å². The lowest BCUT2D eigenvalue weighted by molar-refractivity contribution is 0.0735. The van der Waals surface area contributed by atoms with Gasteiger partial charge in [-0.3, -0.25) is 9.88 Å². The predicted octanol–water partition coefficient (Wildman–Crippen LogP) is 0.580. The Hall–Kier alpha value is -0.970. The third kappa shape index (κ3) is 2.65. The number of pyridine rings is 1. The summed E-state index contributed by atoms with van der Waals surface area (Å²) in [6.45, 7) is 3.03. The van der Waals surface area contributed by atoms with Gasteiger partial charge in [-0.15, -0.1) is 0 Å². The molecule has 4 nitrogen and oxygen atoms in total. The lowest BCUT2D eigenvalue weighted by Crippen LogP contribution is -2.49. The van der Waals surface area contributed by atoms with Crippen molar-refractivity contribution >= 4 is 0 Å². The third-order valence-electron chi connectivity index (χ3n) is 3.77. The van der Waals surface area contributed by atoms with Gasteiger partial charge in [0, 0.05) is 25.8 Å². The Morgan fingerprint density at radius 1 is 1.47 bits per heavy atom. The molecular weight excluding hydrogens is 214 g/mol. The molecule has 0 bridgehead atoms. The van der Waals surface area contributed by atoms with Crippen molar-refractivity contribution in [3.05, 3.63) is 30.1 Å². The molecule has 1 aliphatic rings. The van der Waals surface area contributed by atoms with Crippen LogP contribution in [-0.2, 0) is 6.54 Å². The van der Waals surface area contributed by atoms with Gasteiger partial charge in [-0.1, -0.05) is 6.07 Å². The van der Waals surface area contributed by atoms with Gasteiger partial charge in [-0.2, -0.15) is 0 Å².